The first-order chi connectivity index (χ1) is 18.0. The van der Waals surface area contributed by atoms with Crippen molar-refractivity contribution in [1.82, 2.24) is 20.1 Å². The quantitative estimate of drug-likeness (QED) is 0.359. The summed E-state index contributed by atoms with van der Waals surface area (Å²) >= 11 is 6.48. The van der Waals surface area contributed by atoms with Gasteiger partial charge < -0.3 is 20.3 Å². The van der Waals surface area contributed by atoms with E-state index in [1.54, 1.807) is 6.92 Å². The lowest BCUT2D eigenvalue weighted by Gasteiger charge is -2.39. The minimum Gasteiger partial charge on any atom is -0.434 e. The molecule has 0 aliphatic heterocycles. The van der Waals surface area contributed by atoms with Crippen LogP contribution in [0.4, 0.5) is 22.0 Å². The fourth-order valence-electron chi connectivity index (χ4n) is 4.47. The number of aliphatic hydroxyl groups excluding tert-OH is 1. The average molecular weight is 583 g/mol. The minimum absolute atomic E-state index is 0.000615. The average Bonchev–Trinajstić information content (AvgIpc) is 3.15. The number of nitrogens with zero attached hydrogens (tertiary/aromatic N) is 3. The summed E-state index contributed by atoms with van der Waals surface area (Å²) in [5, 5.41) is 27.6. The molecule has 2 aromatic rings. The number of hydrogen-bond donors (Lipinski definition) is 3. The van der Waals surface area contributed by atoms with Gasteiger partial charge in [-0.1, -0.05) is 32.4 Å². The summed E-state index contributed by atoms with van der Waals surface area (Å²) in [6.07, 6.45) is -3.84. The fraction of sp³-hybridized carbons (Fsp3) is 0.640. The first-order valence-electron chi connectivity index (χ1n) is 12.4. The monoisotopic (exact) mass is 582 g/mol. The zero-order valence-corrected chi connectivity index (χ0v) is 22.7. The van der Waals surface area contributed by atoms with E-state index in [4.69, 9.17) is 11.6 Å². The lowest BCUT2D eigenvalue weighted by Crippen LogP contribution is -2.54. The Morgan fingerprint density at radius 3 is 2.59 bits per heavy atom. The Bertz CT molecular complexity index is 1190. The number of aliphatic hydroxyl groups is 2. The van der Waals surface area contributed by atoms with E-state index >= 15 is 0 Å². The second kappa shape index (κ2) is 11.5. The van der Waals surface area contributed by atoms with Gasteiger partial charge in [-0.05, 0) is 32.1 Å². The van der Waals surface area contributed by atoms with Crippen LogP contribution in [0.3, 0.4) is 0 Å². The third-order valence-corrected chi connectivity index (χ3v) is 7.42. The zero-order chi connectivity index (χ0) is 29.3. The molecular weight excluding hydrogens is 551 g/mol. The highest BCUT2D eigenvalue weighted by Crippen LogP contribution is 2.42. The zero-order valence-electron chi connectivity index (χ0n) is 21.9. The first kappa shape index (κ1) is 31.0. The molecule has 1 aliphatic rings. The number of aryl methyl sites for hydroxylation is 1. The van der Waals surface area contributed by atoms with Gasteiger partial charge >= 0.3 is 12.8 Å². The molecule has 3 N–H and O–H groups in total. The number of ether oxygens (including phenoxy) is 1. The van der Waals surface area contributed by atoms with E-state index in [2.05, 4.69) is 20.1 Å². The van der Waals surface area contributed by atoms with Crippen LogP contribution in [0.25, 0.3) is 11.3 Å². The number of nitrogens with one attached hydrogen (secondary N) is 1. The molecule has 0 aromatic carbocycles. The highest BCUT2D eigenvalue weighted by atomic mass is 35.5. The van der Waals surface area contributed by atoms with Crippen LogP contribution in [0.5, 0.6) is 5.75 Å². The molecule has 8 nitrogen and oxygen atoms in total. The van der Waals surface area contributed by atoms with E-state index in [-0.39, 0.29) is 53.1 Å². The third-order valence-electron chi connectivity index (χ3n) is 7.06. The van der Waals surface area contributed by atoms with Crippen LogP contribution in [-0.4, -0.2) is 61.9 Å². The van der Waals surface area contributed by atoms with E-state index in [0.717, 1.165) is 26.1 Å². The predicted molar refractivity (Wildman–Crippen MR) is 133 cm³/mol. The summed E-state index contributed by atoms with van der Waals surface area (Å²) in [6, 6.07) is 0.985. The Balaban J connectivity index is 1.94. The van der Waals surface area contributed by atoms with Crippen molar-refractivity contribution in [2.75, 3.05) is 6.54 Å². The van der Waals surface area contributed by atoms with Crippen LogP contribution < -0.4 is 10.1 Å². The Labute approximate surface area is 227 Å². The summed E-state index contributed by atoms with van der Waals surface area (Å²) < 4.78 is 72.5. The Morgan fingerprint density at radius 1 is 1.36 bits per heavy atom. The number of rotatable bonds is 9. The van der Waals surface area contributed by atoms with Crippen molar-refractivity contribution in [1.29, 1.82) is 0 Å². The van der Waals surface area contributed by atoms with Crippen molar-refractivity contribution in [3.05, 3.63) is 28.7 Å². The first-order valence-corrected chi connectivity index (χ1v) is 12.8. The summed E-state index contributed by atoms with van der Waals surface area (Å²) in [5.41, 5.74) is -4.24. The van der Waals surface area contributed by atoms with E-state index in [0.29, 0.717) is 12.8 Å². The molecular formula is C25H32ClF5N4O4. The van der Waals surface area contributed by atoms with Crippen LogP contribution in [-0.2, 0) is 13.0 Å². The van der Waals surface area contributed by atoms with Crippen molar-refractivity contribution in [2.45, 2.75) is 84.4 Å². The van der Waals surface area contributed by atoms with Gasteiger partial charge in [0.05, 0.1) is 27.8 Å². The van der Waals surface area contributed by atoms with Gasteiger partial charge in [0, 0.05) is 37.5 Å². The molecule has 3 atom stereocenters. The number of hydrogen-bond acceptors (Lipinski definition) is 6. The summed E-state index contributed by atoms with van der Waals surface area (Å²) in [6.45, 7) is 2.10. The topological polar surface area (TPSA) is 110 Å². The smallest absolute Gasteiger partial charge is 0.394 e. The molecule has 1 aliphatic carbocycles. The molecule has 2 heterocycles. The fourth-order valence-corrected chi connectivity index (χ4v) is 4.80. The number of aromatic nitrogens is 3. The summed E-state index contributed by atoms with van der Waals surface area (Å²) in [4.78, 5) is 17.0. The lowest BCUT2D eigenvalue weighted by molar-refractivity contribution is -0.211. The molecule has 1 saturated carbocycles. The van der Waals surface area contributed by atoms with Gasteiger partial charge in [0.15, 0.2) is 5.69 Å². The van der Waals surface area contributed by atoms with Crippen LogP contribution in [0.1, 0.15) is 63.1 Å². The Morgan fingerprint density at radius 2 is 2.03 bits per heavy atom. The van der Waals surface area contributed by atoms with Crippen molar-refractivity contribution in [2.24, 2.45) is 11.3 Å². The van der Waals surface area contributed by atoms with Gasteiger partial charge in [0.1, 0.15) is 11.4 Å². The van der Waals surface area contributed by atoms with Crippen LogP contribution in [0.15, 0.2) is 12.3 Å². The van der Waals surface area contributed by atoms with Crippen LogP contribution >= 0.6 is 11.6 Å². The van der Waals surface area contributed by atoms with E-state index in [1.165, 1.54) is 4.68 Å². The summed E-state index contributed by atoms with van der Waals surface area (Å²) in [5.74, 6) is -1.04. The number of carbonyl (C=O) groups is 1. The molecule has 0 saturated heterocycles. The molecule has 0 spiro atoms. The van der Waals surface area contributed by atoms with Gasteiger partial charge in [-0.2, -0.15) is 27.1 Å². The van der Waals surface area contributed by atoms with Crippen molar-refractivity contribution < 1.29 is 41.7 Å². The second-order valence-electron chi connectivity index (χ2n) is 10.6. The maximum atomic E-state index is 13.4. The largest absolute Gasteiger partial charge is 0.434 e. The van der Waals surface area contributed by atoms with Gasteiger partial charge in [-0.25, -0.2) is 0 Å². The molecule has 39 heavy (non-hydrogen) atoms. The van der Waals surface area contributed by atoms with Gasteiger partial charge in [0.2, 0.25) is 0 Å². The van der Waals surface area contributed by atoms with Gasteiger partial charge in [0.25, 0.3) is 5.91 Å². The van der Waals surface area contributed by atoms with Crippen molar-refractivity contribution >= 4 is 17.5 Å². The minimum atomic E-state index is -4.57. The van der Waals surface area contributed by atoms with E-state index < -0.39 is 48.0 Å². The molecule has 1 amide bonds. The normalized spacial score (nSPS) is 22.3. The molecule has 218 valence electrons. The standard InChI is InChI=1S/C25H32ClF5N4O4/c1-5-35-20(15-11-32-14(9-16(15)39-22(27)28)10-23(3,4)25(29,30)31)18(26)19(34-35)21(37)33-12-24(38)7-6-13(2)8-17(24)36/h9,11,13,17,22,36,38H,5-8,10,12H2,1-4H3,(H,33,37)/t13-,17-,24-/m1/s1. The van der Waals surface area contributed by atoms with Crippen molar-refractivity contribution in [3.63, 3.8) is 0 Å². The van der Waals surface area contributed by atoms with Crippen LogP contribution in [0, 0.1) is 11.3 Å². The molecule has 1 fully saturated rings. The van der Waals surface area contributed by atoms with E-state index in [1.807, 2.05) is 6.92 Å². The highest BCUT2D eigenvalue weighted by Gasteiger charge is 2.47. The summed E-state index contributed by atoms with van der Waals surface area (Å²) in [7, 11) is 0. The Hall–Kier alpha value is -2.51. The molecule has 0 bridgehead atoms. The second-order valence-corrected chi connectivity index (χ2v) is 11.0. The number of carbonyl (C=O) groups excluding carboxylic acids is 1. The number of halogens is 6. The lowest BCUT2D eigenvalue weighted by atomic mass is 9.77. The van der Waals surface area contributed by atoms with Gasteiger partial charge in [-0.15, -0.1) is 0 Å². The maximum Gasteiger partial charge on any atom is 0.394 e. The molecule has 0 unspecified atom stereocenters. The third kappa shape index (κ3) is 6.80. The predicted octanol–water partition coefficient (Wildman–Crippen LogP) is 4.99. The Kier molecular flexibility index (Phi) is 9.18. The highest BCUT2D eigenvalue weighted by molar-refractivity contribution is 6.36. The molecule has 14 heteroatoms. The molecule has 3 rings (SSSR count). The van der Waals surface area contributed by atoms with E-state index in [9.17, 15) is 37.0 Å². The molecule has 0 radical (unpaired) electrons. The van der Waals surface area contributed by atoms with Crippen LogP contribution in [0.2, 0.25) is 5.02 Å². The number of amides is 1. The number of alkyl halides is 5. The molecule has 2 aromatic heterocycles. The number of pyridine rings is 1. The van der Waals surface area contributed by atoms with Crippen molar-refractivity contribution in [3.8, 4) is 17.0 Å². The SMILES string of the molecule is CCn1nc(C(=O)NC[C@]2(O)CC[C@@H](C)C[C@H]2O)c(Cl)c1-c1cnc(CC(C)(C)C(F)(F)F)cc1OC(F)F. The van der Waals surface area contributed by atoms with Gasteiger partial charge in [-0.3, -0.25) is 14.5 Å². The maximum absolute atomic E-state index is 13.4.